The number of rotatable bonds is 2. The first-order chi connectivity index (χ1) is 10.3. The molecule has 2 N–H and O–H groups in total. The van der Waals surface area contributed by atoms with Gasteiger partial charge in [0.25, 0.3) is 0 Å². The Kier molecular flexibility index (Phi) is 3.56. The van der Waals surface area contributed by atoms with Crippen LogP contribution in [0.3, 0.4) is 0 Å². The Hall–Kier alpha value is -1.74. The number of sulfonamides is 1. The molecule has 0 spiro atoms. The Balaban J connectivity index is 2.38. The van der Waals surface area contributed by atoms with Crippen LogP contribution in [0.15, 0.2) is 29.2 Å². The van der Waals surface area contributed by atoms with Gasteiger partial charge in [-0.1, -0.05) is 23.7 Å². The standard InChI is InChI=1S/C12H9Cl2N5O2S/c1-19-8-9(13)16-12(14)18-10(8)17-11(19)6-4-2-3-5-7(6)22(15,20)21/h2-5H,1H3,(H2,15,20,21). The van der Waals surface area contributed by atoms with Crippen molar-refractivity contribution in [1.82, 2.24) is 19.5 Å². The number of aryl methyl sites for hydroxylation is 1. The highest BCUT2D eigenvalue weighted by Crippen LogP contribution is 2.30. The molecule has 0 atom stereocenters. The Morgan fingerprint density at radius 3 is 2.50 bits per heavy atom. The molecule has 0 unspecified atom stereocenters. The van der Waals surface area contributed by atoms with Gasteiger partial charge in [-0.25, -0.2) is 23.5 Å². The van der Waals surface area contributed by atoms with E-state index in [2.05, 4.69) is 15.0 Å². The number of hydrogen-bond donors (Lipinski definition) is 1. The van der Waals surface area contributed by atoms with Crippen LogP contribution in [0.4, 0.5) is 0 Å². The van der Waals surface area contributed by atoms with Crippen molar-refractivity contribution in [1.29, 1.82) is 0 Å². The average molecular weight is 358 g/mol. The van der Waals surface area contributed by atoms with E-state index >= 15 is 0 Å². The van der Waals surface area contributed by atoms with Crippen molar-refractivity contribution in [2.24, 2.45) is 12.2 Å². The van der Waals surface area contributed by atoms with Crippen LogP contribution in [0.1, 0.15) is 0 Å². The molecule has 1 aromatic carbocycles. The molecule has 0 radical (unpaired) electrons. The van der Waals surface area contributed by atoms with Gasteiger partial charge in [0, 0.05) is 12.6 Å². The number of primary sulfonamides is 1. The van der Waals surface area contributed by atoms with E-state index in [-0.39, 0.29) is 21.0 Å². The van der Waals surface area contributed by atoms with Crippen molar-refractivity contribution in [2.45, 2.75) is 4.90 Å². The zero-order valence-electron chi connectivity index (χ0n) is 11.2. The summed E-state index contributed by atoms with van der Waals surface area (Å²) in [5.74, 6) is 0.345. The molecular formula is C12H9Cl2N5O2S. The topological polar surface area (TPSA) is 104 Å². The maximum Gasteiger partial charge on any atom is 0.238 e. The third-order valence-electron chi connectivity index (χ3n) is 3.10. The van der Waals surface area contributed by atoms with E-state index in [1.807, 2.05) is 0 Å². The zero-order chi connectivity index (χ0) is 16.1. The molecule has 3 rings (SSSR count). The monoisotopic (exact) mass is 357 g/mol. The predicted octanol–water partition coefficient (Wildman–Crippen LogP) is 1.98. The largest absolute Gasteiger partial charge is 0.323 e. The molecule has 0 amide bonds. The first-order valence-electron chi connectivity index (χ1n) is 5.96. The minimum Gasteiger partial charge on any atom is -0.323 e. The first kappa shape index (κ1) is 15.2. The van der Waals surface area contributed by atoms with Crippen LogP contribution in [0.5, 0.6) is 0 Å². The zero-order valence-corrected chi connectivity index (χ0v) is 13.5. The smallest absolute Gasteiger partial charge is 0.238 e. The Bertz CT molecular complexity index is 1000. The number of nitrogens with zero attached hydrogens (tertiary/aromatic N) is 4. The molecule has 3 aromatic rings. The van der Waals surface area contributed by atoms with Crippen LogP contribution >= 0.6 is 23.2 Å². The van der Waals surface area contributed by atoms with Crippen molar-refractivity contribution < 1.29 is 8.42 Å². The minimum absolute atomic E-state index is 0.0383. The maximum atomic E-state index is 11.7. The summed E-state index contributed by atoms with van der Waals surface area (Å²) >= 11 is 11.8. The highest BCUT2D eigenvalue weighted by atomic mass is 35.5. The summed E-state index contributed by atoms with van der Waals surface area (Å²) in [6.45, 7) is 0. The summed E-state index contributed by atoms with van der Waals surface area (Å²) < 4.78 is 25.1. The first-order valence-corrected chi connectivity index (χ1v) is 8.27. The number of halogens is 2. The van der Waals surface area contributed by atoms with E-state index in [4.69, 9.17) is 28.3 Å². The van der Waals surface area contributed by atoms with E-state index < -0.39 is 10.0 Å². The molecule has 2 heterocycles. The summed E-state index contributed by atoms with van der Waals surface area (Å²) in [6.07, 6.45) is 0. The predicted molar refractivity (Wildman–Crippen MR) is 83.1 cm³/mol. The van der Waals surface area contributed by atoms with Crippen molar-refractivity contribution in [3.8, 4) is 11.4 Å². The highest BCUT2D eigenvalue weighted by Gasteiger charge is 2.21. The number of hydrogen-bond acceptors (Lipinski definition) is 5. The summed E-state index contributed by atoms with van der Waals surface area (Å²) in [5.41, 5.74) is 1.06. The lowest BCUT2D eigenvalue weighted by molar-refractivity contribution is 0.598. The SMILES string of the molecule is Cn1c(-c2ccccc2S(N)(=O)=O)nc2nc(Cl)nc(Cl)c21. The second kappa shape index (κ2) is 5.17. The van der Waals surface area contributed by atoms with Crippen molar-refractivity contribution in [3.05, 3.63) is 34.7 Å². The third kappa shape index (κ3) is 2.44. The van der Waals surface area contributed by atoms with E-state index in [9.17, 15) is 8.42 Å². The fourth-order valence-electron chi connectivity index (χ4n) is 2.18. The Morgan fingerprint density at radius 1 is 1.14 bits per heavy atom. The van der Waals surface area contributed by atoms with Gasteiger partial charge in [0.2, 0.25) is 15.3 Å². The van der Waals surface area contributed by atoms with Gasteiger partial charge in [-0.05, 0) is 23.7 Å². The molecule has 7 nitrogen and oxygen atoms in total. The number of aromatic nitrogens is 4. The van der Waals surface area contributed by atoms with E-state index in [1.54, 1.807) is 29.8 Å². The van der Waals surface area contributed by atoms with Gasteiger partial charge >= 0.3 is 0 Å². The Labute approximate surface area is 135 Å². The molecule has 0 aliphatic heterocycles. The summed E-state index contributed by atoms with van der Waals surface area (Å²) in [5, 5.41) is 5.34. The summed E-state index contributed by atoms with van der Waals surface area (Å²) in [7, 11) is -2.23. The molecular weight excluding hydrogens is 349 g/mol. The van der Waals surface area contributed by atoms with Gasteiger partial charge in [0.1, 0.15) is 11.3 Å². The van der Waals surface area contributed by atoms with Crippen molar-refractivity contribution in [3.63, 3.8) is 0 Å². The van der Waals surface area contributed by atoms with Gasteiger partial charge in [-0.3, -0.25) is 0 Å². The van der Waals surface area contributed by atoms with Gasteiger partial charge in [0.05, 0.1) is 4.90 Å². The average Bonchev–Trinajstić information content (AvgIpc) is 2.75. The van der Waals surface area contributed by atoms with Crippen LogP contribution < -0.4 is 5.14 Å². The lowest BCUT2D eigenvalue weighted by atomic mass is 10.2. The van der Waals surface area contributed by atoms with Crippen LogP contribution in [-0.4, -0.2) is 27.9 Å². The second-order valence-corrected chi connectivity index (χ2v) is 6.72. The van der Waals surface area contributed by atoms with E-state index in [0.717, 1.165) is 0 Å². The fraction of sp³-hybridized carbons (Fsp3) is 0.0833. The van der Waals surface area contributed by atoms with Crippen LogP contribution in [0, 0.1) is 0 Å². The molecule has 22 heavy (non-hydrogen) atoms. The van der Waals surface area contributed by atoms with Crippen LogP contribution in [0.25, 0.3) is 22.6 Å². The number of nitrogens with two attached hydrogens (primary N) is 1. The van der Waals surface area contributed by atoms with E-state index in [1.165, 1.54) is 6.07 Å². The third-order valence-corrected chi connectivity index (χ3v) is 4.50. The molecule has 0 saturated carbocycles. The lowest BCUT2D eigenvalue weighted by Crippen LogP contribution is -2.14. The van der Waals surface area contributed by atoms with Crippen LogP contribution in [-0.2, 0) is 17.1 Å². The van der Waals surface area contributed by atoms with Gasteiger partial charge in [-0.15, -0.1) is 0 Å². The maximum absolute atomic E-state index is 11.7. The van der Waals surface area contributed by atoms with Crippen LogP contribution in [0.2, 0.25) is 10.4 Å². The molecule has 0 fully saturated rings. The molecule has 0 aliphatic carbocycles. The number of benzene rings is 1. The summed E-state index contributed by atoms with van der Waals surface area (Å²) in [4.78, 5) is 12.1. The molecule has 0 aliphatic rings. The normalized spacial score (nSPS) is 12.0. The van der Waals surface area contributed by atoms with Crippen molar-refractivity contribution >= 4 is 44.4 Å². The van der Waals surface area contributed by atoms with Gasteiger partial charge < -0.3 is 4.57 Å². The van der Waals surface area contributed by atoms with Crippen molar-refractivity contribution in [2.75, 3.05) is 0 Å². The van der Waals surface area contributed by atoms with Gasteiger partial charge in [0.15, 0.2) is 10.8 Å². The second-order valence-electron chi connectivity index (χ2n) is 4.49. The molecule has 0 bridgehead atoms. The molecule has 114 valence electrons. The van der Waals surface area contributed by atoms with E-state index in [0.29, 0.717) is 16.9 Å². The molecule has 0 saturated heterocycles. The highest BCUT2D eigenvalue weighted by molar-refractivity contribution is 7.89. The molecule has 10 heteroatoms. The minimum atomic E-state index is -3.90. The fourth-order valence-corrected chi connectivity index (χ4v) is 3.41. The number of imidazole rings is 1. The van der Waals surface area contributed by atoms with Gasteiger partial charge in [-0.2, -0.15) is 4.98 Å². The quantitative estimate of drug-likeness (QED) is 0.557. The lowest BCUT2D eigenvalue weighted by Gasteiger charge is -2.07. The molecule has 2 aromatic heterocycles. The Morgan fingerprint density at radius 2 is 1.82 bits per heavy atom. The summed E-state index contributed by atoms with van der Waals surface area (Å²) in [6, 6.07) is 6.27. The number of fused-ring (bicyclic) bond motifs is 1.